The van der Waals surface area contributed by atoms with E-state index in [0.29, 0.717) is 40.5 Å². The maximum Gasteiger partial charge on any atom is 0.338 e. The van der Waals surface area contributed by atoms with Gasteiger partial charge >= 0.3 is 5.97 Å². The van der Waals surface area contributed by atoms with Crippen molar-refractivity contribution >= 4 is 40.6 Å². The maximum atomic E-state index is 13.8. The number of nitrogens with one attached hydrogen (secondary N) is 2. The smallest absolute Gasteiger partial charge is 0.338 e. The number of aromatic nitrogens is 1. The molecule has 0 spiro atoms. The molecule has 1 aliphatic carbocycles. The van der Waals surface area contributed by atoms with E-state index in [1.807, 2.05) is 5.38 Å². The van der Waals surface area contributed by atoms with Crippen molar-refractivity contribution in [3.63, 3.8) is 0 Å². The molecule has 180 valence electrons. The number of rotatable bonds is 6. The number of esters is 1. The summed E-state index contributed by atoms with van der Waals surface area (Å²) in [6.07, 6.45) is 4.54. The number of thiazole rings is 1. The van der Waals surface area contributed by atoms with Crippen LogP contribution in [0.3, 0.4) is 0 Å². The summed E-state index contributed by atoms with van der Waals surface area (Å²) in [7, 11) is 1.65. The molecule has 2 N–H and O–H groups in total. The average molecular weight is 505 g/mol. The van der Waals surface area contributed by atoms with Crippen molar-refractivity contribution in [1.29, 1.82) is 0 Å². The molecule has 10 heteroatoms. The fourth-order valence-electron chi connectivity index (χ4n) is 4.57. The van der Waals surface area contributed by atoms with Crippen molar-refractivity contribution in [3.05, 3.63) is 62.5 Å². The van der Waals surface area contributed by atoms with Crippen LogP contribution in [-0.2, 0) is 14.3 Å². The van der Waals surface area contributed by atoms with Gasteiger partial charge in [-0.15, -0.1) is 11.3 Å². The normalized spacial score (nSPS) is 22.6. The highest BCUT2D eigenvalue weighted by Gasteiger charge is 2.38. The van der Waals surface area contributed by atoms with Crippen molar-refractivity contribution in [2.45, 2.75) is 38.6 Å². The Morgan fingerprint density at radius 2 is 2.06 bits per heavy atom. The Balaban J connectivity index is 1.80. The molecule has 2 heterocycles. The SMILES string of the molecule is CCOC(=O)C1=C(C2CCC(C(=O)NC)CC2)NC(c2nccs2)=NC1c1ccc(F)cc1Cl. The first-order chi connectivity index (χ1) is 16.4. The van der Waals surface area contributed by atoms with Gasteiger partial charge in [-0.05, 0) is 50.7 Å². The number of aliphatic imine (C=N–C) groups is 1. The Labute approximate surface area is 206 Å². The third kappa shape index (κ3) is 5.00. The highest BCUT2D eigenvalue weighted by Crippen LogP contribution is 2.42. The molecule has 1 atom stereocenters. The van der Waals surface area contributed by atoms with Crippen LogP contribution in [0, 0.1) is 17.7 Å². The molecule has 1 aromatic carbocycles. The van der Waals surface area contributed by atoms with E-state index >= 15 is 0 Å². The summed E-state index contributed by atoms with van der Waals surface area (Å²) < 4.78 is 19.2. The molecule has 0 saturated heterocycles. The predicted molar refractivity (Wildman–Crippen MR) is 129 cm³/mol. The van der Waals surface area contributed by atoms with Crippen LogP contribution in [0.5, 0.6) is 0 Å². The Kier molecular flexibility index (Phi) is 7.63. The molecule has 7 nitrogen and oxygen atoms in total. The quantitative estimate of drug-likeness (QED) is 0.569. The van der Waals surface area contributed by atoms with Crippen LogP contribution in [0.25, 0.3) is 0 Å². The molecule has 34 heavy (non-hydrogen) atoms. The number of ether oxygens (including phenoxy) is 1. The lowest BCUT2D eigenvalue weighted by Gasteiger charge is -2.34. The molecular weight excluding hydrogens is 479 g/mol. The van der Waals surface area contributed by atoms with Crippen LogP contribution >= 0.6 is 22.9 Å². The first-order valence-electron chi connectivity index (χ1n) is 11.2. The highest BCUT2D eigenvalue weighted by atomic mass is 35.5. The molecule has 1 fully saturated rings. The number of carbonyl (C=O) groups is 2. The van der Waals surface area contributed by atoms with Crippen molar-refractivity contribution in [2.24, 2.45) is 16.8 Å². The van der Waals surface area contributed by atoms with Crippen LogP contribution in [-0.4, -0.2) is 36.4 Å². The van der Waals surface area contributed by atoms with Gasteiger partial charge in [0.25, 0.3) is 0 Å². The lowest BCUT2D eigenvalue weighted by atomic mass is 9.77. The lowest BCUT2D eigenvalue weighted by molar-refractivity contribution is -0.139. The summed E-state index contributed by atoms with van der Waals surface area (Å²) in [5.41, 5.74) is 1.58. The Morgan fingerprint density at radius 3 is 2.68 bits per heavy atom. The number of hydrogen-bond donors (Lipinski definition) is 2. The minimum atomic E-state index is -0.779. The van der Waals surface area contributed by atoms with Gasteiger partial charge in [0.05, 0.1) is 12.2 Å². The predicted octanol–water partition coefficient (Wildman–Crippen LogP) is 4.40. The van der Waals surface area contributed by atoms with Crippen LogP contribution in [0.2, 0.25) is 5.02 Å². The molecule has 2 aliphatic rings. The minimum absolute atomic E-state index is 0.00695. The molecule has 0 bridgehead atoms. The second kappa shape index (κ2) is 10.7. The Morgan fingerprint density at radius 1 is 1.29 bits per heavy atom. The molecule has 1 saturated carbocycles. The number of halogens is 2. The van der Waals surface area contributed by atoms with Gasteiger partial charge < -0.3 is 15.4 Å². The van der Waals surface area contributed by atoms with Gasteiger partial charge in [0.1, 0.15) is 11.9 Å². The number of amides is 1. The molecule has 1 unspecified atom stereocenters. The Hall–Kier alpha value is -2.78. The van der Waals surface area contributed by atoms with Gasteiger partial charge in [-0.3, -0.25) is 9.79 Å². The van der Waals surface area contributed by atoms with Crippen molar-refractivity contribution < 1.29 is 18.7 Å². The number of allylic oxidation sites excluding steroid dienone is 1. The number of nitrogens with zero attached hydrogens (tertiary/aromatic N) is 2. The van der Waals surface area contributed by atoms with E-state index in [2.05, 4.69) is 15.6 Å². The zero-order valence-corrected chi connectivity index (χ0v) is 20.5. The third-order valence-corrected chi connectivity index (χ3v) is 7.32. The standard InChI is InChI=1S/C24H26ClFN4O3S/c1-3-33-24(32)18-19(13-4-6-14(7-5-13)22(31)27-2)29-21(23-28-10-11-34-23)30-20(18)16-9-8-15(26)12-17(16)25/h8-14,20H,3-7H2,1-2H3,(H,27,31)(H,29,30). The van der Waals surface area contributed by atoms with Gasteiger partial charge in [0.2, 0.25) is 5.91 Å². The van der Waals surface area contributed by atoms with Crippen molar-refractivity contribution in [1.82, 2.24) is 15.6 Å². The van der Waals surface area contributed by atoms with Crippen molar-refractivity contribution in [3.8, 4) is 0 Å². The van der Waals surface area contributed by atoms with E-state index in [1.54, 1.807) is 26.2 Å². The fourth-order valence-corrected chi connectivity index (χ4v) is 5.42. The third-order valence-electron chi connectivity index (χ3n) is 6.21. The minimum Gasteiger partial charge on any atom is -0.463 e. The zero-order valence-electron chi connectivity index (χ0n) is 18.9. The number of hydrogen-bond acceptors (Lipinski definition) is 7. The lowest BCUT2D eigenvalue weighted by Crippen LogP contribution is -2.39. The summed E-state index contributed by atoms with van der Waals surface area (Å²) >= 11 is 7.84. The molecule has 1 amide bonds. The van der Waals surface area contributed by atoms with Crippen LogP contribution < -0.4 is 10.6 Å². The van der Waals surface area contributed by atoms with Gasteiger partial charge in [-0.25, -0.2) is 14.2 Å². The summed E-state index contributed by atoms with van der Waals surface area (Å²) in [6.45, 7) is 1.94. The van der Waals surface area contributed by atoms with Gasteiger partial charge in [0, 0.05) is 40.8 Å². The number of amidine groups is 1. The second-order valence-corrected chi connectivity index (χ2v) is 9.52. The van der Waals surface area contributed by atoms with E-state index in [0.717, 1.165) is 12.8 Å². The topological polar surface area (TPSA) is 92.7 Å². The van der Waals surface area contributed by atoms with E-state index < -0.39 is 17.8 Å². The molecular formula is C24H26ClFN4O3S. The van der Waals surface area contributed by atoms with Gasteiger partial charge in [0.15, 0.2) is 10.8 Å². The van der Waals surface area contributed by atoms with Crippen LogP contribution in [0.15, 0.2) is 46.0 Å². The maximum absolute atomic E-state index is 13.8. The molecule has 1 aromatic heterocycles. The molecule has 2 aromatic rings. The zero-order chi connectivity index (χ0) is 24.2. The van der Waals surface area contributed by atoms with Crippen molar-refractivity contribution in [2.75, 3.05) is 13.7 Å². The summed E-state index contributed by atoms with van der Waals surface area (Å²) in [4.78, 5) is 34.5. The number of benzene rings is 1. The molecule has 0 radical (unpaired) electrons. The average Bonchev–Trinajstić information content (AvgIpc) is 3.38. The highest BCUT2D eigenvalue weighted by molar-refractivity contribution is 7.11. The molecule has 1 aliphatic heterocycles. The van der Waals surface area contributed by atoms with E-state index in [-0.39, 0.29) is 29.4 Å². The van der Waals surface area contributed by atoms with E-state index in [9.17, 15) is 14.0 Å². The largest absolute Gasteiger partial charge is 0.463 e. The summed E-state index contributed by atoms with van der Waals surface area (Å²) in [5.74, 6) is -0.460. The fraction of sp³-hybridized carbons (Fsp3) is 0.417. The van der Waals surface area contributed by atoms with Crippen LogP contribution in [0.1, 0.15) is 49.2 Å². The van der Waals surface area contributed by atoms with E-state index in [4.69, 9.17) is 21.3 Å². The first-order valence-corrected chi connectivity index (χ1v) is 12.5. The van der Waals surface area contributed by atoms with Gasteiger partial charge in [-0.1, -0.05) is 17.7 Å². The second-order valence-electron chi connectivity index (χ2n) is 8.22. The number of carbonyl (C=O) groups excluding carboxylic acids is 2. The monoisotopic (exact) mass is 504 g/mol. The van der Waals surface area contributed by atoms with Gasteiger partial charge in [-0.2, -0.15) is 0 Å². The van der Waals surface area contributed by atoms with Crippen LogP contribution in [0.4, 0.5) is 4.39 Å². The van der Waals surface area contributed by atoms with E-state index in [1.165, 1.54) is 23.5 Å². The summed E-state index contributed by atoms with van der Waals surface area (Å²) in [6, 6.07) is 3.29. The molecule has 4 rings (SSSR count). The first kappa shape index (κ1) is 24.3. The summed E-state index contributed by atoms with van der Waals surface area (Å²) in [5, 5.41) is 8.78. The Bertz CT molecular complexity index is 1130.